The number of pyridine rings is 1. The fraction of sp³-hybridized carbons (Fsp3) is 0.400. The van der Waals surface area contributed by atoms with Crippen molar-refractivity contribution in [1.82, 2.24) is 4.98 Å². The second-order valence-corrected chi connectivity index (χ2v) is 8.67. The van der Waals surface area contributed by atoms with Crippen molar-refractivity contribution in [1.29, 1.82) is 0 Å². The number of ether oxygens (including phenoxy) is 1. The molecule has 6 heteroatoms. The highest BCUT2D eigenvalue weighted by molar-refractivity contribution is 14.1. The molecule has 0 aliphatic heterocycles. The molecule has 1 N–H and O–H groups in total. The van der Waals surface area contributed by atoms with Crippen LogP contribution in [0.4, 0.5) is 5.69 Å². The lowest BCUT2D eigenvalue weighted by molar-refractivity contribution is -0.121. The average Bonchev–Trinajstić information content (AvgIpc) is 2.65. The third-order valence-corrected chi connectivity index (χ3v) is 6.09. The molecule has 1 aliphatic rings. The standard InChI is InChI=1S/C20H22BrIN2O2/c21-19-10-17(22)18(11-23-19)24-20(25)16-8-6-15(7-9-16)13-26-12-14-4-2-1-3-5-14/h1-5,10-11,15-16H,6-9,12-13H2,(H,24,25)/t15-,16-. The van der Waals surface area contributed by atoms with E-state index in [1.54, 1.807) is 6.20 Å². The maximum atomic E-state index is 12.5. The summed E-state index contributed by atoms with van der Waals surface area (Å²) in [5, 5.41) is 3.03. The smallest absolute Gasteiger partial charge is 0.227 e. The Morgan fingerprint density at radius 1 is 1.23 bits per heavy atom. The van der Waals surface area contributed by atoms with Crippen LogP contribution in [0.15, 0.2) is 47.2 Å². The predicted octanol–water partition coefficient (Wildman–Crippen LogP) is 5.41. The lowest BCUT2D eigenvalue weighted by Gasteiger charge is -2.27. The van der Waals surface area contributed by atoms with Gasteiger partial charge in [0.05, 0.1) is 18.5 Å². The maximum Gasteiger partial charge on any atom is 0.227 e. The molecule has 26 heavy (non-hydrogen) atoms. The van der Waals surface area contributed by atoms with E-state index in [0.717, 1.165) is 46.2 Å². The van der Waals surface area contributed by atoms with Gasteiger partial charge in [0.25, 0.3) is 0 Å². The molecule has 0 atom stereocenters. The molecular weight excluding hydrogens is 507 g/mol. The van der Waals surface area contributed by atoms with Crippen LogP contribution in [-0.4, -0.2) is 17.5 Å². The monoisotopic (exact) mass is 528 g/mol. The summed E-state index contributed by atoms with van der Waals surface area (Å²) in [7, 11) is 0. The third-order valence-electron chi connectivity index (χ3n) is 4.76. The van der Waals surface area contributed by atoms with Gasteiger partial charge in [-0.1, -0.05) is 30.3 Å². The predicted molar refractivity (Wildman–Crippen MR) is 115 cm³/mol. The van der Waals surface area contributed by atoms with Gasteiger partial charge in [-0.05, 0) is 81.8 Å². The van der Waals surface area contributed by atoms with Gasteiger partial charge in [-0.15, -0.1) is 0 Å². The molecule has 0 radical (unpaired) electrons. The van der Waals surface area contributed by atoms with Crippen molar-refractivity contribution >= 4 is 50.1 Å². The van der Waals surface area contributed by atoms with Crippen LogP contribution in [0.3, 0.4) is 0 Å². The van der Waals surface area contributed by atoms with Crippen molar-refractivity contribution in [3.05, 3.63) is 56.3 Å². The Morgan fingerprint density at radius 3 is 2.65 bits per heavy atom. The summed E-state index contributed by atoms with van der Waals surface area (Å²) in [5.41, 5.74) is 1.99. The zero-order valence-corrected chi connectivity index (χ0v) is 18.2. The molecule has 2 aromatic rings. The number of hydrogen-bond acceptors (Lipinski definition) is 3. The third kappa shape index (κ3) is 5.76. The summed E-state index contributed by atoms with van der Waals surface area (Å²) in [6.07, 6.45) is 5.63. The quantitative estimate of drug-likeness (QED) is 0.403. The summed E-state index contributed by atoms with van der Waals surface area (Å²) in [5.74, 6) is 0.743. The van der Waals surface area contributed by atoms with Gasteiger partial charge in [0, 0.05) is 16.1 Å². The zero-order chi connectivity index (χ0) is 18.4. The molecule has 138 valence electrons. The number of hydrogen-bond donors (Lipinski definition) is 1. The average molecular weight is 529 g/mol. The van der Waals surface area contributed by atoms with E-state index in [4.69, 9.17) is 4.74 Å². The Labute approximate surface area is 176 Å². The van der Waals surface area contributed by atoms with Crippen LogP contribution in [-0.2, 0) is 16.1 Å². The Hall–Kier alpha value is -0.990. The first-order valence-electron chi connectivity index (χ1n) is 8.85. The van der Waals surface area contributed by atoms with Crippen LogP contribution in [0.25, 0.3) is 0 Å². The molecule has 1 aromatic heterocycles. The van der Waals surface area contributed by atoms with Gasteiger partial charge in [0.2, 0.25) is 5.91 Å². The molecule has 0 unspecified atom stereocenters. The van der Waals surface area contributed by atoms with E-state index >= 15 is 0 Å². The number of rotatable bonds is 6. The van der Waals surface area contributed by atoms with Gasteiger partial charge in [-0.25, -0.2) is 4.98 Å². The molecule has 1 aliphatic carbocycles. The van der Waals surface area contributed by atoms with E-state index in [9.17, 15) is 4.79 Å². The number of benzene rings is 1. The van der Waals surface area contributed by atoms with E-state index in [-0.39, 0.29) is 11.8 Å². The molecule has 1 heterocycles. The molecular formula is C20H22BrIN2O2. The van der Waals surface area contributed by atoms with E-state index in [2.05, 4.69) is 61.0 Å². The molecule has 1 fully saturated rings. The second-order valence-electron chi connectivity index (χ2n) is 6.69. The van der Waals surface area contributed by atoms with Crippen LogP contribution in [0.5, 0.6) is 0 Å². The number of nitrogens with zero attached hydrogens (tertiary/aromatic N) is 1. The molecule has 1 aromatic carbocycles. The minimum atomic E-state index is 0.0832. The number of amides is 1. The number of carbonyl (C=O) groups excluding carboxylic acids is 1. The zero-order valence-electron chi connectivity index (χ0n) is 14.5. The Balaban J connectivity index is 1.41. The van der Waals surface area contributed by atoms with Gasteiger partial charge in [0.1, 0.15) is 4.60 Å². The Bertz CT molecular complexity index is 734. The molecule has 0 spiro atoms. The van der Waals surface area contributed by atoms with Crippen LogP contribution in [0.1, 0.15) is 31.2 Å². The normalized spacial score (nSPS) is 19.9. The fourth-order valence-corrected chi connectivity index (χ4v) is 4.57. The summed E-state index contributed by atoms with van der Waals surface area (Å²) >= 11 is 5.55. The van der Waals surface area contributed by atoms with Crippen LogP contribution >= 0.6 is 38.5 Å². The summed E-state index contributed by atoms with van der Waals surface area (Å²) in [6, 6.07) is 12.1. The Morgan fingerprint density at radius 2 is 1.96 bits per heavy atom. The number of nitrogens with one attached hydrogen (secondary N) is 1. The van der Waals surface area contributed by atoms with Crippen molar-refractivity contribution in [2.45, 2.75) is 32.3 Å². The Kier molecular flexibility index (Phi) is 7.45. The molecule has 0 bridgehead atoms. The largest absolute Gasteiger partial charge is 0.376 e. The lowest BCUT2D eigenvalue weighted by atomic mass is 9.82. The van der Waals surface area contributed by atoms with Gasteiger partial charge in [-0.2, -0.15) is 0 Å². The lowest BCUT2D eigenvalue weighted by Crippen LogP contribution is -2.28. The molecule has 1 saturated carbocycles. The number of anilines is 1. The topological polar surface area (TPSA) is 51.2 Å². The second kappa shape index (κ2) is 9.80. The SMILES string of the molecule is O=C(Nc1cnc(Br)cc1I)[C@H]1CC[C@H](COCc2ccccc2)CC1. The molecule has 0 saturated heterocycles. The number of aromatic nitrogens is 1. The van der Waals surface area contributed by atoms with Crippen LogP contribution in [0, 0.1) is 15.4 Å². The number of carbonyl (C=O) groups is 1. The van der Waals surface area contributed by atoms with Gasteiger partial charge >= 0.3 is 0 Å². The van der Waals surface area contributed by atoms with Crippen molar-refractivity contribution in [2.24, 2.45) is 11.8 Å². The van der Waals surface area contributed by atoms with Gasteiger partial charge < -0.3 is 10.1 Å². The molecule has 3 rings (SSSR count). The van der Waals surface area contributed by atoms with Gasteiger partial charge in [-0.3, -0.25) is 4.79 Å². The molecule has 1 amide bonds. The summed E-state index contributed by atoms with van der Waals surface area (Å²) in [4.78, 5) is 16.7. The highest BCUT2D eigenvalue weighted by atomic mass is 127. The van der Waals surface area contributed by atoms with Crippen molar-refractivity contribution < 1.29 is 9.53 Å². The number of halogens is 2. The highest BCUT2D eigenvalue weighted by Crippen LogP contribution is 2.30. The fourth-order valence-electron chi connectivity index (χ4n) is 3.24. The summed E-state index contributed by atoms with van der Waals surface area (Å²) < 4.78 is 7.62. The van der Waals surface area contributed by atoms with Crippen LogP contribution in [0.2, 0.25) is 0 Å². The first kappa shape index (κ1) is 19.8. The maximum absolute atomic E-state index is 12.5. The van der Waals surface area contributed by atoms with Crippen molar-refractivity contribution in [3.63, 3.8) is 0 Å². The van der Waals surface area contributed by atoms with E-state index in [1.807, 2.05) is 24.3 Å². The first-order chi connectivity index (χ1) is 12.6. The van der Waals surface area contributed by atoms with Crippen molar-refractivity contribution in [3.8, 4) is 0 Å². The van der Waals surface area contributed by atoms with E-state index < -0.39 is 0 Å². The first-order valence-corrected chi connectivity index (χ1v) is 10.7. The summed E-state index contributed by atoms with van der Waals surface area (Å²) in [6.45, 7) is 1.44. The van der Waals surface area contributed by atoms with Crippen molar-refractivity contribution in [2.75, 3.05) is 11.9 Å². The van der Waals surface area contributed by atoms with E-state index in [1.165, 1.54) is 5.56 Å². The van der Waals surface area contributed by atoms with Gasteiger partial charge in [0.15, 0.2) is 0 Å². The minimum Gasteiger partial charge on any atom is -0.376 e. The van der Waals surface area contributed by atoms with E-state index in [0.29, 0.717) is 12.5 Å². The van der Waals surface area contributed by atoms with Crippen LogP contribution < -0.4 is 5.32 Å². The highest BCUT2D eigenvalue weighted by Gasteiger charge is 2.26. The molecule has 4 nitrogen and oxygen atoms in total. The minimum absolute atomic E-state index is 0.0832.